The van der Waals surface area contributed by atoms with Crippen molar-refractivity contribution < 1.29 is 0 Å². The lowest BCUT2D eigenvalue weighted by Crippen LogP contribution is -2.34. The Morgan fingerprint density at radius 1 is 1.28 bits per heavy atom. The summed E-state index contributed by atoms with van der Waals surface area (Å²) in [6.07, 6.45) is 7.08. The van der Waals surface area contributed by atoms with Gasteiger partial charge in [-0.1, -0.05) is 19.3 Å². The van der Waals surface area contributed by atoms with Gasteiger partial charge in [-0.25, -0.2) is 0 Å². The maximum Gasteiger partial charge on any atom is 0.0641 e. The lowest BCUT2D eigenvalue weighted by molar-refractivity contribution is 0.280. The van der Waals surface area contributed by atoms with Crippen molar-refractivity contribution in [3.8, 4) is 0 Å². The normalized spacial score (nSPS) is 19.1. The van der Waals surface area contributed by atoms with Gasteiger partial charge < -0.3 is 5.32 Å². The van der Waals surface area contributed by atoms with Crippen molar-refractivity contribution in [2.45, 2.75) is 65.5 Å². The second kappa shape index (κ2) is 5.87. The van der Waals surface area contributed by atoms with Crippen LogP contribution >= 0.6 is 0 Å². The Morgan fingerprint density at radius 3 is 2.50 bits per heavy atom. The molecular weight excluding hydrogens is 222 g/mol. The highest BCUT2D eigenvalue weighted by Crippen LogP contribution is 2.26. The van der Waals surface area contributed by atoms with Gasteiger partial charge in [0.25, 0.3) is 0 Å². The molecule has 1 atom stereocenters. The molecule has 3 heteroatoms. The topological polar surface area (TPSA) is 29.9 Å². The molecule has 1 aliphatic rings. The Bertz CT molecular complexity index is 389. The van der Waals surface area contributed by atoms with Crippen LogP contribution in [-0.4, -0.2) is 15.8 Å². The highest BCUT2D eigenvalue weighted by atomic mass is 15.3. The Kier molecular flexibility index (Phi) is 4.44. The zero-order valence-corrected chi connectivity index (χ0v) is 12.3. The van der Waals surface area contributed by atoms with E-state index in [2.05, 4.69) is 31.2 Å². The zero-order chi connectivity index (χ0) is 13.1. The standard InChI is InChI=1S/C15H27N3/c1-11(14-8-6-5-7-9-14)16-10-15-12(2)17-18(4)13(15)3/h11,14,16H,5-10H2,1-4H3/t11-/m1/s1. The molecule has 0 unspecified atom stereocenters. The summed E-state index contributed by atoms with van der Waals surface area (Å²) in [7, 11) is 2.02. The van der Waals surface area contributed by atoms with Crippen molar-refractivity contribution in [2.24, 2.45) is 13.0 Å². The Morgan fingerprint density at radius 2 is 1.94 bits per heavy atom. The molecule has 102 valence electrons. The molecule has 0 radical (unpaired) electrons. The average molecular weight is 249 g/mol. The fourth-order valence-corrected chi connectivity index (χ4v) is 3.14. The fourth-order valence-electron chi connectivity index (χ4n) is 3.14. The van der Waals surface area contributed by atoms with E-state index in [1.54, 1.807) is 0 Å². The third-order valence-corrected chi connectivity index (χ3v) is 4.62. The average Bonchev–Trinajstić information content (AvgIpc) is 2.62. The van der Waals surface area contributed by atoms with E-state index < -0.39 is 0 Å². The van der Waals surface area contributed by atoms with Crippen molar-refractivity contribution in [3.05, 3.63) is 17.0 Å². The first-order valence-corrected chi connectivity index (χ1v) is 7.32. The molecule has 1 N–H and O–H groups in total. The van der Waals surface area contributed by atoms with E-state index in [0.717, 1.165) is 12.5 Å². The molecule has 1 aromatic heterocycles. The summed E-state index contributed by atoms with van der Waals surface area (Å²) in [6, 6.07) is 0.629. The smallest absolute Gasteiger partial charge is 0.0641 e. The van der Waals surface area contributed by atoms with Crippen LogP contribution in [0.15, 0.2) is 0 Å². The van der Waals surface area contributed by atoms with E-state index >= 15 is 0 Å². The number of nitrogens with zero attached hydrogens (tertiary/aromatic N) is 2. The molecule has 0 aliphatic heterocycles. The first-order valence-electron chi connectivity index (χ1n) is 7.32. The van der Waals surface area contributed by atoms with Crippen LogP contribution < -0.4 is 5.32 Å². The first kappa shape index (κ1) is 13.6. The monoisotopic (exact) mass is 249 g/mol. The first-order chi connectivity index (χ1) is 8.59. The Labute approximate surface area is 111 Å². The predicted octanol–water partition coefficient (Wildman–Crippen LogP) is 3.10. The molecule has 2 rings (SSSR count). The summed E-state index contributed by atoms with van der Waals surface area (Å²) < 4.78 is 1.98. The minimum Gasteiger partial charge on any atom is -0.310 e. The van der Waals surface area contributed by atoms with E-state index in [1.165, 1.54) is 49.1 Å². The maximum absolute atomic E-state index is 4.48. The van der Waals surface area contributed by atoms with Crippen LogP contribution in [0.3, 0.4) is 0 Å². The number of hydrogen-bond acceptors (Lipinski definition) is 2. The van der Waals surface area contributed by atoms with E-state index in [1.807, 2.05) is 11.7 Å². The van der Waals surface area contributed by atoms with E-state index in [-0.39, 0.29) is 0 Å². The highest BCUT2D eigenvalue weighted by molar-refractivity contribution is 5.24. The van der Waals surface area contributed by atoms with Gasteiger partial charge in [-0.2, -0.15) is 5.10 Å². The molecule has 1 saturated carbocycles. The van der Waals surface area contributed by atoms with Crippen molar-refractivity contribution >= 4 is 0 Å². The van der Waals surface area contributed by atoms with Crippen molar-refractivity contribution in [3.63, 3.8) is 0 Å². The number of aryl methyl sites for hydroxylation is 2. The summed E-state index contributed by atoms with van der Waals surface area (Å²) >= 11 is 0. The summed E-state index contributed by atoms with van der Waals surface area (Å²) in [5.41, 5.74) is 3.83. The van der Waals surface area contributed by atoms with Gasteiger partial charge in [0.1, 0.15) is 0 Å². The quantitative estimate of drug-likeness (QED) is 0.888. The third-order valence-electron chi connectivity index (χ3n) is 4.62. The molecule has 1 aromatic rings. The lowest BCUT2D eigenvalue weighted by Gasteiger charge is -2.28. The van der Waals surface area contributed by atoms with Crippen LogP contribution in [-0.2, 0) is 13.6 Å². The highest BCUT2D eigenvalue weighted by Gasteiger charge is 2.20. The summed E-state index contributed by atoms with van der Waals surface area (Å²) in [5.74, 6) is 0.871. The van der Waals surface area contributed by atoms with Crippen LogP contribution in [0.2, 0.25) is 0 Å². The van der Waals surface area contributed by atoms with Gasteiger partial charge in [-0.3, -0.25) is 4.68 Å². The SMILES string of the molecule is Cc1nn(C)c(C)c1CN[C@H](C)C1CCCCC1. The number of rotatable bonds is 4. The van der Waals surface area contributed by atoms with Crippen LogP contribution in [0, 0.1) is 19.8 Å². The van der Waals surface area contributed by atoms with Gasteiger partial charge >= 0.3 is 0 Å². The molecule has 18 heavy (non-hydrogen) atoms. The molecule has 1 fully saturated rings. The van der Waals surface area contributed by atoms with Crippen molar-refractivity contribution in [1.82, 2.24) is 15.1 Å². The number of nitrogens with one attached hydrogen (secondary N) is 1. The van der Waals surface area contributed by atoms with Crippen LogP contribution in [0.1, 0.15) is 56.0 Å². The summed E-state index contributed by atoms with van der Waals surface area (Å²) in [6.45, 7) is 7.57. The minimum atomic E-state index is 0.629. The van der Waals surface area contributed by atoms with Crippen molar-refractivity contribution in [1.29, 1.82) is 0 Å². The van der Waals surface area contributed by atoms with E-state index in [4.69, 9.17) is 0 Å². The molecule has 1 aliphatic carbocycles. The largest absolute Gasteiger partial charge is 0.310 e. The van der Waals surface area contributed by atoms with Gasteiger partial charge in [0.2, 0.25) is 0 Å². The molecular formula is C15H27N3. The molecule has 0 amide bonds. The predicted molar refractivity (Wildman–Crippen MR) is 75.6 cm³/mol. The number of hydrogen-bond donors (Lipinski definition) is 1. The van der Waals surface area contributed by atoms with Crippen molar-refractivity contribution in [2.75, 3.05) is 0 Å². The molecule has 0 aromatic carbocycles. The molecule has 0 saturated heterocycles. The van der Waals surface area contributed by atoms with Gasteiger partial charge in [0, 0.05) is 30.9 Å². The second-order valence-corrected chi connectivity index (χ2v) is 5.84. The number of aromatic nitrogens is 2. The lowest BCUT2D eigenvalue weighted by atomic mass is 9.84. The molecule has 0 spiro atoms. The molecule has 3 nitrogen and oxygen atoms in total. The fraction of sp³-hybridized carbons (Fsp3) is 0.800. The van der Waals surface area contributed by atoms with Gasteiger partial charge in [-0.05, 0) is 39.5 Å². The Hall–Kier alpha value is -0.830. The summed E-state index contributed by atoms with van der Waals surface area (Å²) in [4.78, 5) is 0. The second-order valence-electron chi connectivity index (χ2n) is 5.84. The van der Waals surface area contributed by atoms with Crippen LogP contribution in [0.25, 0.3) is 0 Å². The minimum absolute atomic E-state index is 0.629. The van der Waals surface area contributed by atoms with Gasteiger partial charge in [0.05, 0.1) is 5.69 Å². The van der Waals surface area contributed by atoms with Gasteiger partial charge in [-0.15, -0.1) is 0 Å². The maximum atomic E-state index is 4.48. The third kappa shape index (κ3) is 2.94. The Balaban J connectivity index is 1.90. The van der Waals surface area contributed by atoms with Gasteiger partial charge in [0.15, 0.2) is 0 Å². The summed E-state index contributed by atoms with van der Waals surface area (Å²) in [5, 5.41) is 8.19. The van der Waals surface area contributed by atoms with E-state index in [0.29, 0.717) is 6.04 Å². The zero-order valence-electron chi connectivity index (χ0n) is 12.3. The van der Waals surface area contributed by atoms with Crippen LogP contribution in [0.5, 0.6) is 0 Å². The molecule has 0 bridgehead atoms. The van der Waals surface area contributed by atoms with E-state index in [9.17, 15) is 0 Å². The van der Waals surface area contributed by atoms with Crippen LogP contribution in [0.4, 0.5) is 0 Å². The molecule has 1 heterocycles.